The van der Waals surface area contributed by atoms with Gasteiger partial charge in [-0.05, 0) is 6.08 Å². The van der Waals surface area contributed by atoms with Crippen LogP contribution in [-0.4, -0.2) is 14.9 Å². The van der Waals surface area contributed by atoms with Gasteiger partial charge in [-0.2, -0.15) is 0 Å². The maximum absolute atomic E-state index is 10.1. The van der Waals surface area contributed by atoms with E-state index in [0.29, 0.717) is 0 Å². The topological polar surface area (TPSA) is 54.4 Å². The molecule has 1 N–H and O–H groups in total. The third kappa shape index (κ3) is 7.61. The molecule has 0 heterocycles. The molecule has 0 aromatic rings. The number of allylic oxidation sites excluding steroid dienone is 1. The molecule has 0 amide bonds. The fourth-order valence-electron chi connectivity index (χ4n) is 0.252. The van der Waals surface area contributed by atoms with E-state index in [1.165, 1.54) is 12.2 Å². The number of aliphatic carboxylic acids is 1. The summed E-state index contributed by atoms with van der Waals surface area (Å²) in [5.41, 5.74) is 0. The van der Waals surface area contributed by atoms with Crippen molar-refractivity contribution in [1.82, 2.24) is 0 Å². The van der Waals surface area contributed by atoms with Crippen LogP contribution in [0.3, 0.4) is 0 Å². The van der Waals surface area contributed by atoms with Crippen LogP contribution < -0.4 is 0 Å². The minimum atomic E-state index is -0.927. The Labute approximate surface area is 65.9 Å². The van der Waals surface area contributed by atoms with Gasteiger partial charge >= 0.3 is 5.97 Å². The summed E-state index contributed by atoms with van der Waals surface area (Å²) in [5.74, 6) is -0.927. The van der Waals surface area contributed by atoms with Gasteiger partial charge in [-0.3, -0.25) is 9.59 Å². The van der Waals surface area contributed by atoms with Crippen LogP contribution in [-0.2, 0) is 9.59 Å². The maximum atomic E-state index is 10.1. The molecule has 9 heavy (non-hydrogen) atoms. The van der Waals surface area contributed by atoms with Crippen LogP contribution >= 0.6 is 22.6 Å². The number of carboxylic acids is 1. The van der Waals surface area contributed by atoms with Crippen molar-refractivity contribution in [3.05, 3.63) is 12.2 Å². The number of carboxylic acid groups (broad SMARTS) is 1. The van der Waals surface area contributed by atoms with Gasteiger partial charge in [0, 0.05) is 22.6 Å². The molecule has 0 atom stereocenters. The predicted molar refractivity (Wildman–Crippen MR) is 40.4 cm³/mol. The van der Waals surface area contributed by atoms with Gasteiger partial charge in [0.25, 0.3) is 0 Å². The van der Waals surface area contributed by atoms with Crippen LogP contribution in [0.1, 0.15) is 6.42 Å². The summed E-state index contributed by atoms with van der Waals surface area (Å²) in [4.78, 5) is 19.9. The Morgan fingerprint density at radius 1 is 1.56 bits per heavy atom. The first-order valence-electron chi connectivity index (χ1n) is 2.20. The van der Waals surface area contributed by atoms with Crippen LogP contribution in [0.2, 0.25) is 0 Å². The lowest BCUT2D eigenvalue weighted by Crippen LogP contribution is -1.90. The standard InChI is InChI=1S/C5H5IO3/c6-4(7)2-1-3-5(8)9/h1-2H,3H2,(H,8,9)/b2-1+. The van der Waals surface area contributed by atoms with Crippen LogP contribution in [0.25, 0.3) is 0 Å². The van der Waals surface area contributed by atoms with Gasteiger partial charge in [0.2, 0.25) is 3.79 Å². The first kappa shape index (κ1) is 8.61. The smallest absolute Gasteiger partial charge is 0.307 e. The normalized spacial score (nSPS) is 9.89. The first-order valence-corrected chi connectivity index (χ1v) is 3.28. The summed E-state index contributed by atoms with van der Waals surface area (Å²) >= 11 is 1.57. The Hall–Kier alpha value is -0.390. The van der Waals surface area contributed by atoms with E-state index in [1.54, 1.807) is 22.6 Å². The minimum absolute atomic E-state index is 0.0886. The molecule has 0 bridgehead atoms. The molecule has 0 aliphatic carbocycles. The van der Waals surface area contributed by atoms with Crippen molar-refractivity contribution in [3.63, 3.8) is 0 Å². The maximum Gasteiger partial charge on any atom is 0.307 e. The van der Waals surface area contributed by atoms with Gasteiger partial charge in [-0.15, -0.1) is 0 Å². The average molecular weight is 240 g/mol. The van der Waals surface area contributed by atoms with E-state index >= 15 is 0 Å². The van der Waals surface area contributed by atoms with E-state index in [9.17, 15) is 9.59 Å². The molecule has 0 aliphatic rings. The second kappa shape index (κ2) is 4.49. The third-order valence-corrected chi connectivity index (χ3v) is 0.901. The molecule has 0 aromatic carbocycles. The lowest BCUT2D eigenvalue weighted by molar-refractivity contribution is -0.135. The number of halogens is 1. The molecule has 0 rings (SSSR count). The van der Waals surface area contributed by atoms with Crippen molar-refractivity contribution in [2.75, 3.05) is 0 Å². The fraction of sp³-hybridized carbons (Fsp3) is 0.200. The highest BCUT2D eigenvalue weighted by atomic mass is 127. The second-order valence-corrected chi connectivity index (χ2v) is 2.37. The Kier molecular flexibility index (Phi) is 4.29. The summed E-state index contributed by atoms with van der Waals surface area (Å²) < 4.78 is -0.158. The predicted octanol–water partition coefficient (Wildman–Crippen LogP) is 0.979. The molecule has 0 fully saturated rings. The highest BCUT2D eigenvalue weighted by Crippen LogP contribution is 1.89. The number of rotatable bonds is 3. The van der Waals surface area contributed by atoms with E-state index in [0.717, 1.165) is 0 Å². The summed E-state index contributed by atoms with van der Waals surface area (Å²) in [6.45, 7) is 0. The minimum Gasteiger partial charge on any atom is -0.481 e. The molecule has 0 radical (unpaired) electrons. The molecule has 0 aromatic heterocycles. The third-order valence-electron chi connectivity index (χ3n) is 0.541. The van der Waals surface area contributed by atoms with E-state index < -0.39 is 5.97 Å². The highest BCUT2D eigenvalue weighted by Gasteiger charge is 1.89. The largest absolute Gasteiger partial charge is 0.481 e. The van der Waals surface area contributed by atoms with Crippen LogP contribution in [0.4, 0.5) is 0 Å². The molecule has 0 spiro atoms. The molecule has 4 heteroatoms. The highest BCUT2D eigenvalue weighted by molar-refractivity contribution is 14.1. The van der Waals surface area contributed by atoms with Gasteiger partial charge in [-0.25, -0.2) is 0 Å². The molecular formula is C5H5IO3. The van der Waals surface area contributed by atoms with E-state index in [1.807, 2.05) is 0 Å². The molecular weight excluding hydrogens is 235 g/mol. The van der Waals surface area contributed by atoms with Gasteiger partial charge in [0.15, 0.2) is 0 Å². The van der Waals surface area contributed by atoms with Crippen molar-refractivity contribution < 1.29 is 14.7 Å². The number of carbonyl (C=O) groups excluding carboxylic acids is 1. The zero-order chi connectivity index (χ0) is 7.28. The molecule has 0 unspecified atom stereocenters. The number of carbonyl (C=O) groups is 2. The van der Waals surface area contributed by atoms with Gasteiger partial charge in [0.1, 0.15) is 0 Å². The Balaban J connectivity index is 3.48. The van der Waals surface area contributed by atoms with Crippen molar-refractivity contribution in [1.29, 1.82) is 0 Å². The lowest BCUT2D eigenvalue weighted by Gasteiger charge is -1.79. The molecule has 0 aliphatic heterocycles. The molecule has 0 saturated heterocycles. The zero-order valence-electron chi connectivity index (χ0n) is 4.50. The van der Waals surface area contributed by atoms with Gasteiger partial charge in [-0.1, -0.05) is 6.08 Å². The first-order chi connectivity index (χ1) is 4.13. The van der Waals surface area contributed by atoms with Crippen molar-refractivity contribution in [2.45, 2.75) is 6.42 Å². The monoisotopic (exact) mass is 240 g/mol. The lowest BCUT2D eigenvalue weighted by atomic mass is 10.4. The van der Waals surface area contributed by atoms with Crippen LogP contribution in [0.5, 0.6) is 0 Å². The summed E-state index contributed by atoms with van der Waals surface area (Å²) in [7, 11) is 0. The van der Waals surface area contributed by atoms with E-state index in [-0.39, 0.29) is 10.2 Å². The molecule has 0 saturated carbocycles. The average Bonchev–Trinajstić information content (AvgIpc) is 1.63. The SMILES string of the molecule is O=C(I)/C=C/CC(=O)O. The molecule has 50 valence electrons. The van der Waals surface area contributed by atoms with Crippen LogP contribution in [0, 0.1) is 0 Å². The van der Waals surface area contributed by atoms with Crippen LogP contribution in [0.15, 0.2) is 12.2 Å². The summed E-state index contributed by atoms with van der Waals surface area (Å²) in [5, 5.41) is 8.06. The van der Waals surface area contributed by atoms with E-state index in [2.05, 4.69) is 0 Å². The van der Waals surface area contributed by atoms with Gasteiger partial charge < -0.3 is 5.11 Å². The quantitative estimate of drug-likeness (QED) is 0.454. The van der Waals surface area contributed by atoms with Crippen molar-refractivity contribution >= 4 is 32.4 Å². The number of hydrogen-bond donors (Lipinski definition) is 1. The Morgan fingerprint density at radius 2 is 2.11 bits per heavy atom. The summed E-state index contributed by atoms with van der Waals surface area (Å²) in [6, 6.07) is 0. The zero-order valence-corrected chi connectivity index (χ0v) is 6.66. The van der Waals surface area contributed by atoms with Crippen molar-refractivity contribution in [3.8, 4) is 0 Å². The summed E-state index contributed by atoms with van der Waals surface area (Å²) in [6.07, 6.45) is 2.46. The Bertz CT molecular complexity index is 150. The number of hydrogen-bond acceptors (Lipinski definition) is 2. The van der Waals surface area contributed by atoms with Crippen molar-refractivity contribution in [2.24, 2.45) is 0 Å². The Morgan fingerprint density at radius 3 is 2.44 bits per heavy atom. The molecule has 3 nitrogen and oxygen atoms in total. The van der Waals surface area contributed by atoms with E-state index in [4.69, 9.17) is 5.11 Å². The fourth-order valence-corrected chi connectivity index (χ4v) is 0.507. The van der Waals surface area contributed by atoms with Gasteiger partial charge in [0.05, 0.1) is 6.42 Å². The second-order valence-electron chi connectivity index (χ2n) is 1.30.